The first-order valence-corrected chi connectivity index (χ1v) is 13.9. The second-order valence-corrected chi connectivity index (χ2v) is 12.1. The molecule has 3 aromatic carbocycles. The predicted octanol–water partition coefficient (Wildman–Crippen LogP) is 6.52. The predicted molar refractivity (Wildman–Crippen MR) is 159 cm³/mol. The number of hydrogen-bond acceptors (Lipinski definition) is 3. The Hall–Kier alpha value is -3.84. The summed E-state index contributed by atoms with van der Waals surface area (Å²) in [6.45, 7) is 7.82. The zero-order valence-corrected chi connectivity index (χ0v) is 24.2. The molecule has 0 aliphatic carbocycles. The van der Waals surface area contributed by atoms with Crippen LogP contribution in [0.25, 0.3) is 0 Å². The first-order chi connectivity index (χ1) is 18.9. The standard InChI is InChI=1S/C32H37ClN4O3/c1-21-9-8-12-26(17-21)36(31(34)40)28-19-24(22-10-6-5-7-11-22)18-27(23-13-15-25(33)16-14-23)37(30(28)39)35-29(38)20-32(2,3)4/h5-17,24,27-28H,18-20H2,1-4H3,(H2,34,40)(H,35,38)/t24-,27?,28-/m1/s1. The van der Waals surface area contributed by atoms with Crippen molar-refractivity contribution >= 4 is 35.1 Å². The molecule has 3 atom stereocenters. The lowest BCUT2D eigenvalue weighted by molar-refractivity contribution is -0.145. The van der Waals surface area contributed by atoms with Crippen LogP contribution < -0.4 is 16.1 Å². The lowest BCUT2D eigenvalue weighted by Gasteiger charge is -2.35. The van der Waals surface area contributed by atoms with Gasteiger partial charge in [0, 0.05) is 17.1 Å². The number of nitrogens with one attached hydrogen (secondary N) is 1. The highest BCUT2D eigenvalue weighted by molar-refractivity contribution is 6.30. The van der Waals surface area contributed by atoms with Crippen LogP contribution >= 0.6 is 11.6 Å². The van der Waals surface area contributed by atoms with Crippen LogP contribution in [0, 0.1) is 12.3 Å². The summed E-state index contributed by atoms with van der Waals surface area (Å²) in [5.41, 5.74) is 11.9. The Bertz CT molecular complexity index is 1350. The van der Waals surface area contributed by atoms with E-state index in [0.29, 0.717) is 23.6 Å². The van der Waals surface area contributed by atoms with E-state index in [2.05, 4.69) is 5.43 Å². The maximum Gasteiger partial charge on any atom is 0.320 e. The highest BCUT2D eigenvalue weighted by atomic mass is 35.5. The number of carbonyl (C=O) groups excluding carboxylic acids is 3. The van der Waals surface area contributed by atoms with Crippen molar-refractivity contribution in [3.8, 4) is 0 Å². The lowest BCUT2D eigenvalue weighted by atomic mass is 9.86. The Kier molecular flexibility index (Phi) is 8.84. The van der Waals surface area contributed by atoms with Crippen molar-refractivity contribution in [2.75, 3.05) is 4.90 Å². The Morgan fingerprint density at radius 3 is 2.25 bits per heavy atom. The van der Waals surface area contributed by atoms with Crippen molar-refractivity contribution in [1.82, 2.24) is 10.4 Å². The fourth-order valence-corrected chi connectivity index (χ4v) is 5.49. The van der Waals surface area contributed by atoms with E-state index in [9.17, 15) is 14.4 Å². The highest BCUT2D eigenvalue weighted by Gasteiger charge is 2.43. The Balaban J connectivity index is 1.86. The van der Waals surface area contributed by atoms with Crippen LogP contribution in [0.2, 0.25) is 5.02 Å². The number of rotatable bonds is 6. The molecule has 1 heterocycles. The summed E-state index contributed by atoms with van der Waals surface area (Å²) in [4.78, 5) is 42.1. The number of hydrogen-bond donors (Lipinski definition) is 2. The molecule has 210 valence electrons. The topological polar surface area (TPSA) is 95.7 Å². The molecule has 1 unspecified atom stereocenters. The number of carbonyl (C=O) groups is 3. The number of aryl methyl sites for hydroxylation is 1. The van der Waals surface area contributed by atoms with Crippen LogP contribution in [0.5, 0.6) is 0 Å². The van der Waals surface area contributed by atoms with Crippen LogP contribution in [-0.4, -0.2) is 28.9 Å². The molecule has 0 aromatic heterocycles. The number of halogens is 1. The molecule has 40 heavy (non-hydrogen) atoms. The molecule has 3 aromatic rings. The van der Waals surface area contributed by atoms with Crippen molar-refractivity contribution in [3.05, 3.63) is 101 Å². The van der Waals surface area contributed by atoms with Gasteiger partial charge >= 0.3 is 6.03 Å². The van der Waals surface area contributed by atoms with E-state index in [1.165, 1.54) is 9.91 Å². The van der Waals surface area contributed by atoms with Gasteiger partial charge in [0.2, 0.25) is 5.91 Å². The van der Waals surface area contributed by atoms with Crippen molar-refractivity contribution in [3.63, 3.8) is 0 Å². The molecule has 0 spiro atoms. The molecule has 4 rings (SSSR count). The molecule has 8 heteroatoms. The number of benzene rings is 3. The summed E-state index contributed by atoms with van der Waals surface area (Å²) in [7, 11) is 0. The van der Waals surface area contributed by atoms with Crippen LogP contribution in [-0.2, 0) is 9.59 Å². The van der Waals surface area contributed by atoms with Crippen LogP contribution in [0.4, 0.5) is 10.5 Å². The number of nitrogens with two attached hydrogens (primary N) is 1. The van der Waals surface area contributed by atoms with Gasteiger partial charge in [0.15, 0.2) is 0 Å². The second-order valence-electron chi connectivity index (χ2n) is 11.7. The van der Waals surface area contributed by atoms with Gasteiger partial charge in [-0.25, -0.2) is 9.80 Å². The van der Waals surface area contributed by atoms with Gasteiger partial charge in [0.05, 0.1) is 6.04 Å². The van der Waals surface area contributed by atoms with E-state index in [1.807, 2.05) is 88.4 Å². The maximum absolute atomic E-state index is 14.5. The van der Waals surface area contributed by atoms with E-state index in [0.717, 1.165) is 16.7 Å². The third kappa shape index (κ3) is 7.02. The van der Waals surface area contributed by atoms with Gasteiger partial charge in [0.25, 0.3) is 5.91 Å². The van der Waals surface area contributed by atoms with Gasteiger partial charge in [-0.2, -0.15) is 0 Å². The third-order valence-electron chi connectivity index (χ3n) is 7.14. The van der Waals surface area contributed by atoms with Gasteiger partial charge in [0.1, 0.15) is 6.04 Å². The molecule has 1 fully saturated rings. The Morgan fingerprint density at radius 1 is 0.975 bits per heavy atom. The molecule has 0 bridgehead atoms. The number of primary amides is 1. The fraction of sp³-hybridized carbons (Fsp3) is 0.344. The van der Waals surface area contributed by atoms with E-state index in [4.69, 9.17) is 17.3 Å². The first kappa shape index (κ1) is 29.2. The van der Waals surface area contributed by atoms with E-state index >= 15 is 0 Å². The first-order valence-electron chi connectivity index (χ1n) is 13.5. The molecule has 1 aliphatic heterocycles. The number of amides is 4. The van der Waals surface area contributed by atoms with Gasteiger partial charge in [-0.05, 0) is 72.1 Å². The van der Waals surface area contributed by atoms with Gasteiger partial charge in [-0.3, -0.25) is 19.9 Å². The smallest absolute Gasteiger partial charge is 0.320 e. The van der Waals surface area contributed by atoms with Crippen molar-refractivity contribution in [1.29, 1.82) is 0 Å². The summed E-state index contributed by atoms with van der Waals surface area (Å²) in [6.07, 6.45) is 1.06. The van der Waals surface area contributed by atoms with E-state index in [-0.39, 0.29) is 23.7 Å². The number of urea groups is 1. The molecule has 7 nitrogen and oxygen atoms in total. The molecule has 4 amide bonds. The molecule has 1 aliphatic rings. The average molecular weight is 561 g/mol. The number of anilines is 1. The maximum atomic E-state index is 14.5. The number of hydrazine groups is 1. The summed E-state index contributed by atoms with van der Waals surface area (Å²) in [5.74, 6) is -0.800. The van der Waals surface area contributed by atoms with Crippen molar-refractivity contribution in [2.24, 2.45) is 11.1 Å². The SMILES string of the molecule is Cc1cccc(N(C(N)=O)[C@@H]2C[C@H](c3ccccc3)CC(c3ccc(Cl)cc3)N(NC(=O)CC(C)(C)C)C2=O)c1. The van der Waals surface area contributed by atoms with Gasteiger partial charge in [-0.1, -0.05) is 87.0 Å². The molecule has 1 saturated heterocycles. The number of nitrogens with zero attached hydrogens (tertiary/aromatic N) is 2. The van der Waals surface area contributed by atoms with Crippen LogP contribution in [0.1, 0.15) is 68.7 Å². The lowest BCUT2D eigenvalue weighted by Crippen LogP contribution is -2.57. The minimum absolute atomic E-state index is 0.119. The molecule has 0 saturated carbocycles. The molecule has 0 radical (unpaired) electrons. The van der Waals surface area contributed by atoms with Crippen molar-refractivity contribution < 1.29 is 14.4 Å². The Labute approximate surface area is 241 Å². The van der Waals surface area contributed by atoms with Crippen molar-refractivity contribution in [2.45, 2.75) is 65.0 Å². The van der Waals surface area contributed by atoms with Gasteiger partial charge < -0.3 is 5.73 Å². The van der Waals surface area contributed by atoms with E-state index < -0.39 is 24.0 Å². The summed E-state index contributed by atoms with van der Waals surface area (Å²) < 4.78 is 0. The molecular weight excluding hydrogens is 524 g/mol. The average Bonchev–Trinajstić information content (AvgIpc) is 3.01. The Morgan fingerprint density at radius 2 is 1.65 bits per heavy atom. The summed E-state index contributed by atoms with van der Waals surface area (Å²) in [6, 6.07) is 22.4. The largest absolute Gasteiger partial charge is 0.351 e. The highest BCUT2D eigenvalue weighted by Crippen LogP contribution is 2.41. The van der Waals surface area contributed by atoms with Gasteiger partial charge in [-0.15, -0.1) is 0 Å². The zero-order chi connectivity index (χ0) is 29.0. The molecule has 3 N–H and O–H groups in total. The summed E-state index contributed by atoms with van der Waals surface area (Å²) >= 11 is 6.20. The monoisotopic (exact) mass is 560 g/mol. The zero-order valence-electron chi connectivity index (χ0n) is 23.4. The van der Waals surface area contributed by atoms with Crippen LogP contribution in [0.15, 0.2) is 78.9 Å². The normalized spacial score (nSPS) is 19.6. The minimum Gasteiger partial charge on any atom is -0.351 e. The minimum atomic E-state index is -0.947. The second kappa shape index (κ2) is 12.1. The molecular formula is C32H37ClN4O3. The van der Waals surface area contributed by atoms with E-state index in [1.54, 1.807) is 18.2 Å². The summed E-state index contributed by atoms with van der Waals surface area (Å²) in [5, 5.41) is 1.99. The van der Waals surface area contributed by atoms with Crippen LogP contribution in [0.3, 0.4) is 0 Å². The quantitative estimate of drug-likeness (QED) is 0.359. The fourth-order valence-electron chi connectivity index (χ4n) is 5.37. The third-order valence-corrected chi connectivity index (χ3v) is 7.39.